The molecule has 98 valence electrons. The third-order valence-corrected chi connectivity index (χ3v) is 2.95. The van der Waals surface area contributed by atoms with Crippen LogP contribution in [-0.2, 0) is 10.4 Å². The minimum Gasteiger partial charge on any atom is -0.507 e. The summed E-state index contributed by atoms with van der Waals surface area (Å²) in [6, 6.07) is 15.4. The standard InChI is InChI=1S/C15H15NO3/c1-15(14(16)18,12-9-5-6-10-13(12)17)19-11-7-3-2-4-8-11/h2-10,17H,1H3,(H2,16,18). The third kappa shape index (κ3) is 2.52. The first kappa shape index (κ1) is 13.0. The van der Waals surface area contributed by atoms with Crippen molar-refractivity contribution >= 4 is 5.91 Å². The number of rotatable bonds is 4. The van der Waals surface area contributed by atoms with E-state index >= 15 is 0 Å². The first-order valence-corrected chi connectivity index (χ1v) is 5.86. The molecule has 0 aliphatic heterocycles. The Balaban J connectivity index is 2.45. The van der Waals surface area contributed by atoms with Crippen molar-refractivity contribution in [3.63, 3.8) is 0 Å². The molecule has 3 N–H and O–H groups in total. The molecule has 19 heavy (non-hydrogen) atoms. The summed E-state index contributed by atoms with van der Waals surface area (Å²) in [5.41, 5.74) is 4.36. The van der Waals surface area contributed by atoms with Gasteiger partial charge in [0.1, 0.15) is 11.5 Å². The number of hydrogen-bond acceptors (Lipinski definition) is 3. The van der Waals surface area contributed by atoms with E-state index in [9.17, 15) is 9.90 Å². The van der Waals surface area contributed by atoms with E-state index in [1.54, 1.807) is 42.5 Å². The smallest absolute Gasteiger partial charge is 0.266 e. The van der Waals surface area contributed by atoms with Gasteiger partial charge in [0.25, 0.3) is 5.91 Å². The van der Waals surface area contributed by atoms with Crippen molar-refractivity contribution in [1.29, 1.82) is 0 Å². The summed E-state index contributed by atoms with van der Waals surface area (Å²) in [6.45, 7) is 1.54. The van der Waals surface area contributed by atoms with E-state index in [0.29, 0.717) is 11.3 Å². The number of carbonyl (C=O) groups excluding carboxylic acids is 1. The lowest BCUT2D eigenvalue weighted by atomic mass is 9.94. The fraction of sp³-hybridized carbons (Fsp3) is 0.133. The van der Waals surface area contributed by atoms with Crippen LogP contribution in [0, 0.1) is 0 Å². The maximum absolute atomic E-state index is 11.8. The number of amides is 1. The summed E-state index contributed by atoms with van der Waals surface area (Å²) in [5, 5.41) is 9.89. The van der Waals surface area contributed by atoms with E-state index in [2.05, 4.69) is 0 Å². The normalized spacial score (nSPS) is 13.5. The molecule has 4 heteroatoms. The summed E-state index contributed by atoms with van der Waals surface area (Å²) >= 11 is 0. The largest absolute Gasteiger partial charge is 0.507 e. The molecule has 1 atom stereocenters. The molecule has 2 aromatic carbocycles. The summed E-state index contributed by atoms with van der Waals surface area (Å²) in [6.07, 6.45) is 0. The number of benzene rings is 2. The lowest BCUT2D eigenvalue weighted by Gasteiger charge is -2.28. The molecule has 0 saturated carbocycles. The SMILES string of the molecule is CC(Oc1ccccc1)(C(N)=O)c1ccccc1O. The molecule has 1 amide bonds. The minimum absolute atomic E-state index is 0.0280. The average molecular weight is 257 g/mol. The van der Waals surface area contributed by atoms with Gasteiger partial charge in [-0.2, -0.15) is 0 Å². The van der Waals surface area contributed by atoms with Gasteiger partial charge >= 0.3 is 0 Å². The van der Waals surface area contributed by atoms with Crippen LogP contribution in [0.2, 0.25) is 0 Å². The lowest BCUT2D eigenvalue weighted by Crippen LogP contribution is -2.43. The molecule has 0 saturated heterocycles. The zero-order chi connectivity index (χ0) is 13.9. The molecule has 0 aromatic heterocycles. The van der Waals surface area contributed by atoms with Crippen molar-refractivity contribution in [3.05, 3.63) is 60.2 Å². The Hall–Kier alpha value is -2.49. The Morgan fingerprint density at radius 3 is 2.26 bits per heavy atom. The Labute approximate surface area is 111 Å². The minimum atomic E-state index is -1.42. The second-order valence-corrected chi connectivity index (χ2v) is 4.33. The molecular formula is C15H15NO3. The monoisotopic (exact) mass is 257 g/mol. The Bertz CT molecular complexity index is 583. The van der Waals surface area contributed by atoms with Crippen LogP contribution in [0.5, 0.6) is 11.5 Å². The Morgan fingerprint density at radius 1 is 1.11 bits per heavy atom. The van der Waals surface area contributed by atoms with Crippen molar-refractivity contribution in [2.24, 2.45) is 5.73 Å². The molecule has 2 aromatic rings. The highest BCUT2D eigenvalue weighted by molar-refractivity contribution is 5.85. The molecule has 0 radical (unpaired) electrons. The van der Waals surface area contributed by atoms with Crippen molar-refractivity contribution in [2.75, 3.05) is 0 Å². The van der Waals surface area contributed by atoms with E-state index in [4.69, 9.17) is 10.5 Å². The number of nitrogens with two attached hydrogens (primary N) is 1. The van der Waals surface area contributed by atoms with Crippen LogP contribution in [0.4, 0.5) is 0 Å². The topological polar surface area (TPSA) is 72.5 Å². The molecule has 0 heterocycles. The van der Waals surface area contributed by atoms with Gasteiger partial charge in [-0.05, 0) is 25.1 Å². The predicted octanol–water partition coefficient (Wildman–Crippen LogP) is 2.17. The molecule has 1 unspecified atom stereocenters. The summed E-state index contributed by atoms with van der Waals surface area (Å²) in [4.78, 5) is 11.8. The van der Waals surface area contributed by atoms with Gasteiger partial charge in [0.05, 0.1) is 0 Å². The van der Waals surface area contributed by atoms with Crippen LogP contribution < -0.4 is 10.5 Å². The maximum Gasteiger partial charge on any atom is 0.266 e. The van der Waals surface area contributed by atoms with Gasteiger partial charge < -0.3 is 15.6 Å². The molecule has 2 rings (SSSR count). The van der Waals surface area contributed by atoms with Crippen LogP contribution in [0.25, 0.3) is 0 Å². The second kappa shape index (κ2) is 5.02. The molecule has 0 aliphatic rings. The fourth-order valence-electron chi connectivity index (χ4n) is 1.84. The number of hydrogen-bond donors (Lipinski definition) is 2. The van der Waals surface area contributed by atoms with Gasteiger partial charge in [0, 0.05) is 5.56 Å². The fourth-order valence-corrected chi connectivity index (χ4v) is 1.84. The van der Waals surface area contributed by atoms with Gasteiger partial charge in [-0.1, -0.05) is 36.4 Å². The molecule has 0 fully saturated rings. The van der Waals surface area contributed by atoms with Gasteiger partial charge in [-0.25, -0.2) is 0 Å². The van der Waals surface area contributed by atoms with Crippen molar-refractivity contribution in [2.45, 2.75) is 12.5 Å². The number of aromatic hydroxyl groups is 1. The van der Waals surface area contributed by atoms with Crippen LogP contribution in [0.3, 0.4) is 0 Å². The van der Waals surface area contributed by atoms with Gasteiger partial charge in [-0.3, -0.25) is 4.79 Å². The molecular weight excluding hydrogens is 242 g/mol. The van der Waals surface area contributed by atoms with E-state index < -0.39 is 11.5 Å². The van der Waals surface area contributed by atoms with Crippen molar-refractivity contribution in [1.82, 2.24) is 0 Å². The maximum atomic E-state index is 11.8. The highest BCUT2D eigenvalue weighted by Gasteiger charge is 2.38. The van der Waals surface area contributed by atoms with Crippen molar-refractivity contribution in [3.8, 4) is 11.5 Å². The van der Waals surface area contributed by atoms with Crippen LogP contribution in [0.15, 0.2) is 54.6 Å². The highest BCUT2D eigenvalue weighted by atomic mass is 16.5. The van der Waals surface area contributed by atoms with Gasteiger partial charge in [0.15, 0.2) is 0 Å². The quantitative estimate of drug-likeness (QED) is 0.881. The molecule has 0 spiro atoms. The van der Waals surface area contributed by atoms with Crippen LogP contribution in [-0.4, -0.2) is 11.0 Å². The van der Waals surface area contributed by atoms with Crippen molar-refractivity contribution < 1.29 is 14.6 Å². The number of carbonyl (C=O) groups is 1. The summed E-state index contributed by atoms with van der Waals surface area (Å²) in [5.74, 6) is -0.190. The lowest BCUT2D eigenvalue weighted by molar-refractivity contribution is -0.133. The van der Waals surface area contributed by atoms with Crippen LogP contribution >= 0.6 is 0 Å². The van der Waals surface area contributed by atoms with Crippen LogP contribution in [0.1, 0.15) is 12.5 Å². The zero-order valence-corrected chi connectivity index (χ0v) is 10.5. The summed E-state index contributed by atoms with van der Waals surface area (Å²) < 4.78 is 5.70. The Morgan fingerprint density at radius 2 is 1.68 bits per heavy atom. The number of phenols is 1. The van der Waals surface area contributed by atoms with E-state index in [1.165, 1.54) is 13.0 Å². The zero-order valence-electron chi connectivity index (χ0n) is 10.5. The second-order valence-electron chi connectivity index (χ2n) is 4.33. The molecule has 4 nitrogen and oxygen atoms in total. The number of phenolic OH excluding ortho intramolecular Hbond substituents is 1. The van der Waals surface area contributed by atoms with E-state index in [-0.39, 0.29) is 5.75 Å². The average Bonchev–Trinajstić information content (AvgIpc) is 2.40. The first-order valence-electron chi connectivity index (χ1n) is 5.86. The van der Waals surface area contributed by atoms with Gasteiger partial charge in [0.2, 0.25) is 5.60 Å². The van der Waals surface area contributed by atoms with Gasteiger partial charge in [-0.15, -0.1) is 0 Å². The summed E-state index contributed by atoms with van der Waals surface area (Å²) in [7, 11) is 0. The number of primary amides is 1. The highest BCUT2D eigenvalue weighted by Crippen LogP contribution is 2.33. The first-order chi connectivity index (χ1) is 9.04. The predicted molar refractivity (Wildman–Crippen MR) is 71.7 cm³/mol. The Kier molecular flexibility index (Phi) is 3.42. The molecule has 0 aliphatic carbocycles. The van der Waals surface area contributed by atoms with E-state index in [1.807, 2.05) is 6.07 Å². The number of para-hydroxylation sites is 2. The number of ether oxygens (including phenoxy) is 1. The molecule has 0 bridgehead atoms. The van der Waals surface area contributed by atoms with E-state index in [0.717, 1.165) is 0 Å². The third-order valence-electron chi connectivity index (χ3n) is 2.95.